The van der Waals surface area contributed by atoms with Crippen LogP contribution in [0.3, 0.4) is 0 Å². The molecule has 0 fully saturated rings. The lowest BCUT2D eigenvalue weighted by atomic mass is 10.2. The summed E-state index contributed by atoms with van der Waals surface area (Å²) >= 11 is 0. The van der Waals surface area contributed by atoms with Crippen LogP contribution in [-0.2, 0) is 19.6 Å². The Hall–Kier alpha value is -3.96. The average molecular weight is 499 g/mol. The molecule has 0 saturated carbocycles. The van der Waals surface area contributed by atoms with E-state index in [-0.39, 0.29) is 22.6 Å². The van der Waals surface area contributed by atoms with E-state index in [9.17, 15) is 18.0 Å². The highest BCUT2D eigenvalue weighted by Crippen LogP contribution is 2.24. The molecule has 0 spiro atoms. The lowest BCUT2D eigenvalue weighted by molar-refractivity contribution is -0.115. The number of hydrogen-bond donors (Lipinski definition) is 3. The van der Waals surface area contributed by atoms with Crippen LogP contribution in [0, 0.1) is 0 Å². The van der Waals surface area contributed by atoms with Crippen LogP contribution in [0.4, 0.5) is 11.4 Å². The molecule has 2 aromatic carbocycles. The zero-order valence-electron chi connectivity index (χ0n) is 19.3. The predicted octanol–water partition coefficient (Wildman–Crippen LogP) is 3.40. The first kappa shape index (κ1) is 25.7. The Morgan fingerprint density at radius 1 is 0.943 bits per heavy atom. The molecule has 2 amide bonds. The first-order valence-corrected chi connectivity index (χ1v) is 12.2. The van der Waals surface area contributed by atoms with Crippen molar-refractivity contribution in [1.29, 1.82) is 0 Å². The zero-order valence-corrected chi connectivity index (χ0v) is 20.1. The maximum Gasteiger partial charge on any atom is 0.261 e. The Morgan fingerprint density at radius 3 is 2.23 bits per heavy atom. The maximum atomic E-state index is 12.7. The topological polar surface area (TPSA) is 136 Å². The van der Waals surface area contributed by atoms with E-state index >= 15 is 0 Å². The fourth-order valence-electron chi connectivity index (χ4n) is 2.84. The smallest absolute Gasteiger partial charge is 0.261 e. The van der Waals surface area contributed by atoms with Crippen LogP contribution in [0.2, 0.25) is 0 Å². The predicted molar refractivity (Wildman–Crippen MR) is 131 cm³/mol. The number of ether oxygens (including phenoxy) is 2. The monoisotopic (exact) mass is 498 g/mol. The van der Waals surface area contributed by atoms with Crippen LogP contribution < -0.4 is 20.1 Å². The van der Waals surface area contributed by atoms with Crippen LogP contribution in [0.1, 0.15) is 23.7 Å². The van der Waals surface area contributed by atoms with Crippen molar-refractivity contribution in [2.75, 3.05) is 30.3 Å². The third kappa shape index (κ3) is 7.52. The molecular weight excluding hydrogens is 472 g/mol. The van der Waals surface area contributed by atoms with Gasteiger partial charge in [-0.2, -0.15) is 0 Å². The van der Waals surface area contributed by atoms with Crippen molar-refractivity contribution in [3.63, 3.8) is 0 Å². The van der Waals surface area contributed by atoms with Crippen LogP contribution in [0.5, 0.6) is 11.6 Å². The number of anilines is 2. The van der Waals surface area contributed by atoms with Crippen LogP contribution in [0.15, 0.2) is 71.8 Å². The van der Waals surface area contributed by atoms with Gasteiger partial charge in [0.2, 0.25) is 11.8 Å². The fourth-order valence-corrected chi connectivity index (χ4v) is 3.89. The van der Waals surface area contributed by atoms with Gasteiger partial charge in [0.1, 0.15) is 5.75 Å². The molecule has 10 nitrogen and oxygen atoms in total. The summed E-state index contributed by atoms with van der Waals surface area (Å²) in [5, 5.41) is 5.37. The van der Waals surface area contributed by atoms with Gasteiger partial charge >= 0.3 is 0 Å². The van der Waals surface area contributed by atoms with E-state index < -0.39 is 10.0 Å². The highest BCUT2D eigenvalue weighted by atomic mass is 32.2. The minimum atomic E-state index is -3.82. The third-order valence-corrected chi connectivity index (χ3v) is 6.09. The molecule has 11 heteroatoms. The van der Waals surface area contributed by atoms with Crippen molar-refractivity contribution in [3.05, 3.63) is 72.4 Å². The number of sulfonamides is 1. The van der Waals surface area contributed by atoms with Crippen molar-refractivity contribution in [1.82, 2.24) is 10.3 Å². The first-order valence-electron chi connectivity index (χ1n) is 10.7. The number of methoxy groups -OCH3 is 1. The van der Waals surface area contributed by atoms with Crippen molar-refractivity contribution in [2.45, 2.75) is 18.2 Å². The molecule has 0 aliphatic heterocycles. The van der Waals surface area contributed by atoms with E-state index in [2.05, 4.69) is 20.3 Å². The molecule has 0 bridgehead atoms. The number of rotatable bonds is 11. The van der Waals surface area contributed by atoms with Crippen LogP contribution in [-0.4, -0.2) is 45.5 Å². The highest BCUT2D eigenvalue weighted by molar-refractivity contribution is 7.92. The Balaban J connectivity index is 1.58. The molecule has 1 aromatic heterocycles. The lowest BCUT2D eigenvalue weighted by Crippen LogP contribution is -2.26. The normalized spacial score (nSPS) is 10.9. The molecule has 0 saturated heterocycles. The van der Waals surface area contributed by atoms with Gasteiger partial charge < -0.3 is 20.1 Å². The summed E-state index contributed by atoms with van der Waals surface area (Å²) in [5.74, 6) is 0.296. The average Bonchev–Trinajstić information content (AvgIpc) is 2.86. The minimum absolute atomic E-state index is 0.0582. The SMILES string of the molecule is CCC(=O)Nc1ccc(S(=O)(=O)Nc2ccc(Oc3ccc(C(=O)NCCOC)cn3)cc2)cc1. The molecule has 184 valence electrons. The summed E-state index contributed by atoms with van der Waals surface area (Å²) in [7, 11) is -2.27. The largest absolute Gasteiger partial charge is 0.439 e. The number of hydrogen-bond acceptors (Lipinski definition) is 7. The van der Waals surface area contributed by atoms with Gasteiger partial charge in [-0.15, -0.1) is 0 Å². The molecule has 0 aliphatic rings. The van der Waals surface area contributed by atoms with Gasteiger partial charge in [-0.05, 0) is 54.6 Å². The molecule has 0 unspecified atom stereocenters. The number of carbonyl (C=O) groups excluding carboxylic acids is 2. The van der Waals surface area contributed by atoms with Gasteiger partial charge in [0.25, 0.3) is 15.9 Å². The lowest BCUT2D eigenvalue weighted by Gasteiger charge is -2.10. The Morgan fingerprint density at radius 2 is 1.63 bits per heavy atom. The number of aromatic nitrogens is 1. The van der Waals surface area contributed by atoms with E-state index in [1.165, 1.54) is 30.5 Å². The number of amides is 2. The minimum Gasteiger partial charge on any atom is -0.439 e. The quantitative estimate of drug-likeness (QED) is 0.345. The number of pyridine rings is 1. The molecule has 0 aliphatic carbocycles. The molecule has 3 N–H and O–H groups in total. The van der Waals surface area contributed by atoms with Crippen molar-refractivity contribution < 1.29 is 27.5 Å². The second-order valence-corrected chi connectivity index (χ2v) is 8.97. The molecule has 3 rings (SSSR count). The molecule has 1 heterocycles. The fraction of sp³-hybridized carbons (Fsp3) is 0.208. The molecule has 35 heavy (non-hydrogen) atoms. The van der Waals surface area contributed by atoms with Crippen molar-refractivity contribution in [3.8, 4) is 11.6 Å². The van der Waals surface area contributed by atoms with E-state index in [4.69, 9.17) is 9.47 Å². The van der Waals surface area contributed by atoms with Gasteiger partial charge in [0, 0.05) is 43.7 Å². The highest BCUT2D eigenvalue weighted by Gasteiger charge is 2.14. The van der Waals surface area contributed by atoms with Gasteiger partial charge in [-0.1, -0.05) is 6.92 Å². The summed E-state index contributed by atoms with van der Waals surface area (Å²) in [6, 6.07) is 15.3. The van der Waals surface area contributed by atoms with Crippen LogP contribution in [0.25, 0.3) is 0 Å². The van der Waals surface area contributed by atoms with Gasteiger partial charge in [-0.25, -0.2) is 13.4 Å². The summed E-state index contributed by atoms with van der Waals surface area (Å²) < 4.78 is 38.4. The first-order chi connectivity index (χ1) is 16.8. The summed E-state index contributed by atoms with van der Waals surface area (Å²) in [4.78, 5) is 27.6. The summed E-state index contributed by atoms with van der Waals surface area (Å²) in [6.07, 6.45) is 1.73. The van der Waals surface area contributed by atoms with Gasteiger partial charge in [0.05, 0.1) is 17.1 Å². The number of nitrogens with one attached hydrogen (secondary N) is 3. The van der Waals surface area contributed by atoms with Gasteiger partial charge in [0.15, 0.2) is 0 Å². The second kappa shape index (κ2) is 12.0. The Kier molecular flexibility index (Phi) is 8.76. The van der Waals surface area contributed by atoms with Gasteiger partial charge in [-0.3, -0.25) is 14.3 Å². The standard InChI is InChI=1S/C24H26N4O6S/c1-3-22(29)27-18-7-11-21(12-8-18)35(31,32)28-19-5-9-20(10-6-19)34-23-13-4-17(16-26-23)24(30)25-14-15-33-2/h4-13,16,28H,3,14-15H2,1-2H3,(H,25,30)(H,27,29). The third-order valence-electron chi connectivity index (χ3n) is 4.69. The Bertz CT molecular complexity index is 1240. The van der Waals surface area contributed by atoms with Crippen molar-refractivity contribution in [2.24, 2.45) is 0 Å². The van der Waals surface area contributed by atoms with Crippen LogP contribution >= 0.6 is 0 Å². The summed E-state index contributed by atoms with van der Waals surface area (Å²) in [6.45, 7) is 2.54. The number of benzene rings is 2. The maximum absolute atomic E-state index is 12.7. The van der Waals surface area contributed by atoms with E-state index in [0.717, 1.165) is 0 Å². The van der Waals surface area contributed by atoms with E-state index in [1.807, 2.05) is 0 Å². The summed E-state index contributed by atoms with van der Waals surface area (Å²) in [5.41, 5.74) is 1.25. The van der Waals surface area contributed by atoms with E-state index in [1.54, 1.807) is 50.4 Å². The molecule has 3 aromatic rings. The number of nitrogens with zero attached hydrogens (tertiary/aromatic N) is 1. The molecule has 0 radical (unpaired) electrons. The van der Waals surface area contributed by atoms with Crippen molar-refractivity contribution >= 4 is 33.2 Å². The number of carbonyl (C=O) groups is 2. The molecular formula is C24H26N4O6S. The zero-order chi connectivity index (χ0) is 25.3. The Labute approximate surface area is 203 Å². The second-order valence-electron chi connectivity index (χ2n) is 7.29. The molecule has 0 atom stereocenters. The van der Waals surface area contributed by atoms with E-state index in [0.29, 0.717) is 42.3 Å².